The van der Waals surface area contributed by atoms with Crippen LogP contribution in [0.25, 0.3) is 11.2 Å². The summed E-state index contributed by atoms with van der Waals surface area (Å²) < 4.78 is 28.3. The predicted octanol–water partition coefficient (Wildman–Crippen LogP) is 1.82. The van der Waals surface area contributed by atoms with Crippen LogP contribution in [0.5, 0.6) is 0 Å². The zero-order valence-corrected chi connectivity index (χ0v) is 21.0. The average molecular weight is 482 g/mol. The van der Waals surface area contributed by atoms with Crippen LogP contribution >= 0.6 is 8.03 Å². The van der Waals surface area contributed by atoms with Gasteiger partial charge in [0.05, 0.1) is 11.7 Å². The summed E-state index contributed by atoms with van der Waals surface area (Å²) in [4.78, 5) is 8.73. The monoisotopic (exact) mass is 481 g/mol. The number of aliphatic hydroxyl groups excluding tert-OH is 2. The van der Waals surface area contributed by atoms with Crippen LogP contribution < -0.4 is 9.58 Å². The number of hydrogen-bond donors (Lipinski definition) is 2. The normalized spacial score (nSPS) is 26.3. The molecule has 0 amide bonds. The predicted molar refractivity (Wildman–Crippen MR) is 124 cm³/mol. The third-order valence-corrected chi connectivity index (χ3v) is 8.70. The van der Waals surface area contributed by atoms with Crippen LogP contribution in [0, 0.1) is 0 Å². The van der Waals surface area contributed by atoms with Gasteiger partial charge in [-0.15, -0.1) is 0 Å². The summed E-state index contributed by atoms with van der Waals surface area (Å²) in [5.41, 5.74) is 0.540. The summed E-state index contributed by atoms with van der Waals surface area (Å²) >= 11 is 0. The first kappa shape index (κ1) is 24.2. The van der Waals surface area contributed by atoms with Crippen molar-refractivity contribution in [3.8, 4) is 0 Å². The quantitative estimate of drug-likeness (QED) is 0.432. The fourth-order valence-corrected chi connectivity index (χ4v) is 6.08. The van der Waals surface area contributed by atoms with E-state index in [2.05, 4.69) is 15.1 Å². The fourth-order valence-electron chi connectivity index (χ4n) is 4.61. The van der Waals surface area contributed by atoms with Crippen molar-refractivity contribution < 1.29 is 28.6 Å². The van der Waals surface area contributed by atoms with Crippen LogP contribution in [0.2, 0.25) is 0 Å². The lowest BCUT2D eigenvalue weighted by atomic mass is 9.97. The summed E-state index contributed by atoms with van der Waals surface area (Å²) in [6.07, 6.45) is 1.17. The topological polar surface area (TPSA) is 126 Å². The molecule has 4 heterocycles. The number of aromatic nitrogens is 4. The van der Waals surface area contributed by atoms with E-state index >= 15 is 0 Å². The maximum Gasteiger partial charge on any atom is 0.264 e. The van der Waals surface area contributed by atoms with E-state index in [-0.39, 0.29) is 12.1 Å². The molecule has 0 aliphatic carbocycles. The summed E-state index contributed by atoms with van der Waals surface area (Å²) in [6, 6.07) is 0. The van der Waals surface area contributed by atoms with E-state index in [1.165, 1.54) is 6.33 Å². The van der Waals surface area contributed by atoms with E-state index in [1.54, 1.807) is 15.9 Å². The molecule has 5 atom stereocenters. The van der Waals surface area contributed by atoms with E-state index in [1.807, 2.05) is 46.2 Å². The zero-order chi connectivity index (χ0) is 24.1. The third kappa shape index (κ3) is 4.33. The zero-order valence-electron chi connectivity index (χ0n) is 20.0. The van der Waals surface area contributed by atoms with Gasteiger partial charge in [-0.2, -0.15) is 9.58 Å². The van der Waals surface area contributed by atoms with E-state index in [0.29, 0.717) is 17.3 Å². The van der Waals surface area contributed by atoms with Gasteiger partial charge in [-0.25, -0.2) is 14.5 Å². The third-order valence-electron chi connectivity index (χ3n) is 6.46. The second-order valence-corrected chi connectivity index (χ2v) is 11.0. The summed E-state index contributed by atoms with van der Waals surface area (Å²) in [5, 5.41) is 27.8. The number of anilines is 1. The first-order valence-electron chi connectivity index (χ1n) is 11.4. The second-order valence-electron chi connectivity index (χ2n) is 9.38. The van der Waals surface area contributed by atoms with Crippen molar-refractivity contribution in [3.63, 3.8) is 0 Å². The van der Waals surface area contributed by atoms with Gasteiger partial charge in [0, 0.05) is 26.1 Å². The summed E-state index contributed by atoms with van der Waals surface area (Å²) in [5.74, 6) is 1.35. The standard InChI is InChI=1S/C21H34N6O5P/c1-7-13(8-2)33(30)32-21(4,5)9-14-16(28)17(29)20(31-14)27-11-26-12(3)24-25(6)18-15(26)19(27)23-10-22-18/h10-11,13-14,16-17,20,28-29,33H,7-9H2,1-6H3/q+1/t14-,16-,17-,20?/m1/s1. The number of aliphatic hydroxyl groups is 2. The van der Waals surface area contributed by atoms with Crippen molar-refractivity contribution in [2.24, 2.45) is 5.10 Å². The Kier molecular flexibility index (Phi) is 6.63. The Morgan fingerprint density at radius 2 is 1.97 bits per heavy atom. The van der Waals surface area contributed by atoms with Gasteiger partial charge in [-0.1, -0.05) is 13.8 Å². The highest BCUT2D eigenvalue weighted by Gasteiger charge is 2.49. The Labute approximate surface area is 193 Å². The first-order chi connectivity index (χ1) is 15.6. The minimum Gasteiger partial charge on any atom is -0.387 e. The van der Waals surface area contributed by atoms with Gasteiger partial charge >= 0.3 is 0 Å². The Morgan fingerprint density at radius 3 is 2.64 bits per heavy atom. The molecule has 2 unspecified atom stereocenters. The molecule has 0 spiro atoms. The lowest BCUT2D eigenvalue weighted by Gasteiger charge is -2.30. The molecule has 1 fully saturated rings. The maximum atomic E-state index is 12.7. The molecule has 2 aromatic rings. The van der Waals surface area contributed by atoms with Crippen LogP contribution in [-0.2, 0) is 13.8 Å². The Balaban J connectivity index is 1.59. The van der Waals surface area contributed by atoms with Crippen LogP contribution in [0.3, 0.4) is 0 Å². The molecule has 0 aromatic carbocycles. The molecule has 2 aromatic heterocycles. The lowest BCUT2D eigenvalue weighted by molar-refractivity contribution is -0.529. The van der Waals surface area contributed by atoms with E-state index in [4.69, 9.17) is 9.26 Å². The lowest BCUT2D eigenvalue weighted by Crippen LogP contribution is -2.45. The van der Waals surface area contributed by atoms with Gasteiger partial charge in [0.25, 0.3) is 5.84 Å². The fraction of sp³-hybridized carbons (Fsp3) is 0.714. The minimum absolute atomic E-state index is 0.0233. The summed E-state index contributed by atoms with van der Waals surface area (Å²) in [6.45, 7) is 9.54. The molecular weight excluding hydrogens is 447 g/mol. The Morgan fingerprint density at radius 1 is 1.27 bits per heavy atom. The van der Waals surface area contributed by atoms with Crippen molar-refractivity contribution >= 4 is 30.8 Å². The molecule has 12 heteroatoms. The molecule has 2 N–H and O–H groups in total. The number of hydrazone groups is 1. The highest BCUT2D eigenvalue weighted by molar-refractivity contribution is 7.40. The molecule has 182 valence electrons. The van der Waals surface area contributed by atoms with Gasteiger partial charge in [0.2, 0.25) is 23.2 Å². The number of nitrogens with zero attached hydrogens (tertiary/aromatic N) is 6. The molecule has 2 aliphatic heterocycles. The molecule has 4 rings (SSSR count). The first-order valence-corrected chi connectivity index (χ1v) is 12.8. The number of ether oxygens (including phenoxy) is 1. The highest BCUT2D eigenvalue weighted by atomic mass is 31.1. The smallest absolute Gasteiger partial charge is 0.264 e. The van der Waals surface area contributed by atoms with E-state index < -0.39 is 38.2 Å². The number of rotatable bonds is 8. The molecule has 11 nitrogen and oxygen atoms in total. The molecule has 0 bridgehead atoms. The van der Waals surface area contributed by atoms with Gasteiger partial charge in [0.1, 0.15) is 18.5 Å². The second kappa shape index (κ2) is 9.03. The van der Waals surface area contributed by atoms with Gasteiger partial charge < -0.3 is 19.5 Å². The molecule has 33 heavy (non-hydrogen) atoms. The van der Waals surface area contributed by atoms with Crippen LogP contribution in [0.1, 0.15) is 60.1 Å². The molecule has 2 aliphatic rings. The number of imidazole rings is 1. The highest BCUT2D eigenvalue weighted by Crippen LogP contribution is 2.42. The number of hydrogen-bond acceptors (Lipinski definition) is 9. The molecule has 0 radical (unpaired) electrons. The van der Waals surface area contributed by atoms with Crippen molar-refractivity contribution in [3.05, 3.63) is 12.7 Å². The van der Waals surface area contributed by atoms with Gasteiger partial charge in [0.15, 0.2) is 14.4 Å². The Hall–Kier alpha value is -1.91. The van der Waals surface area contributed by atoms with Gasteiger partial charge in [-0.05, 0) is 31.8 Å². The van der Waals surface area contributed by atoms with Crippen molar-refractivity contribution in [1.82, 2.24) is 14.5 Å². The van der Waals surface area contributed by atoms with Crippen molar-refractivity contribution in [1.29, 1.82) is 0 Å². The van der Waals surface area contributed by atoms with Crippen LogP contribution in [-0.4, -0.2) is 67.2 Å². The van der Waals surface area contributed by atoms with Crippen molar-refractivity contribution in [2.45, 2.75) is 89.7 Å². The molecule has 1 saturated heterocycles. The van der Waals surface area contributed by atoms with Crippen LogP contribution in [0.15, 0.2) is 17.8 Å². The summed E-state index contributed by atoms with van der Waals surface area (Å²) in [7, 11) is -0.446. The SMILES string of the molecule is CCC(CC)[PH](=O)OC(C)(C)C[C@H]1OC(n2c[n+]3c4c(ncnc42)N(C)N=C3C)[C@H](O)[C@@H]1O. The molecule has 0 saturated carbocycles. The van der Waals surface area contributed by atoms with Crippen molar-refractivity contribution in [2.75, 3.05) is 12.1 Å². The largest absolute Gasteiger partial charge is 0.387 e. The molecular formula is C21H34N6O5P+. The Bertz CT molecular complexity index is 1080. The average Bonchev–Trinajstić information content (AvgIpc) is 3.26. The van der Waals surface area contributed by atoms with E-state index in [0.717, 1.165) is 18.4 Å². The van der Waals surface area contributed by atoms with Gasteiger partial charge in [-0.3, -0.25) is 4.57 Å². The minimum atomic E-state index is -2.25. The maximum absolute atomic E-state index is 12.7. The van der Waals surface area contributed by atoms with Crippen LogP contribution in [0.4, 0.5) is 5.82 Å². The van der Waals surface area contributed by atoms with E-state index in [9.17, 15) is 14.8 Å².